The lowest BCUT2D eigenvalue weighted by atomic mass is 10.1. The van der Waals surface area contributed by atoms with Crippen LogP contribution in [0.4, 0.5) is 0 Å². The Morgan fingerprint density at radius 1 is 1.35 bits per heavy atom. The molecule has 0 aromatic carbocycles. The second-order valence-electron chi connectivity index (χ2n) is 7.21. The van der Waals surface area contributed by atoms with Gasteiger partial charge in [-0.05, 0) is 44.4 Å². The highest BCUT2D eigenvalue weighted by molar-refractivity contribution is 5.92. The van der Waals surface area contributed by atoms with Crippen molar-refractivity contribution in [2.45, 2.75) is 52.6 Å². The molecule has 0 spiro atoms. The molecule has 0 aliphatic rings. The van der Waals surface area contributed by atoms with Crippen molar-refractivity contribution in [1.82, 2.24) is 19.7 Å². The van der Waals surface area contributed by atoms with E-state index in [0.29, 0.717) is 18.2 Å². The summed E-state index contributed by atoms with van der Waals surface area (Å²) in [5.74, 6) is 0.241. The van der Waals surface area contributed by atoms with Crippen LogP contribution >= 0.6 is 0 Å². The van der Waals surface area contributed by atoms with Gasteiger partial charge < -0.3 is 4.90 Å². The third-order valence-corrected chi connectivity index (χ3v) is 3.67. The number of pyridine rings is 1. The van der Waals surface area contributed by atoms with Crippen LogP contribution in [0.25, 0.3) is 0 Å². The second-order valence-corrected chi connectivity index (χ2v) is 7.21. The molecule has 2 aromatic rings. The molecule has 5 heteroatoms. The Hall–Kier alpha value is -2.17. The molecule has 0 bridgehead atoms. The van der Waals surface area contributed by atoms with Gasteiger partial charge in [-0.25, -0.2) is 0 Å². The van der Waals surface area contributed by atoms with E-state index >= 15 is 0 Å². The molecule has 124 valence electrons. The van der Waals surface area contributed by atoms with Gasteiger partial charge in [0.2, 0.25) is 0 Å². The summed E-state index contributed by atoms with van der Waals surface area (Å²) in [7, 11) is 1.79. The van der Waals surface area contributed by atoms with E-state index in [9.17, 15) is 4.79 Å². The van der Waals surface area contributed by atoms with E-state index < -0.39 is 0 Å². The molecule has 0 aliphatic heterocycles. The largest absolute Gasteiger partial charge is 0.336 e. The predicted octanol–water partition coefficient (Wildman–Crippen LogP) is 3.43. The van der Waals surface area contributed by atoms with E-state index in [4.69, 9.17) is 0 Å². The summed E-state index contributed by atoms with van der Waals surface area (Å²) < 4.78 is 1.96. The van der Waals surface area contributed by atoms with Crippen molar-refractivity contribution < 1.29 is 4.79 Å². The average Bonchev–Trinajstić information content (AvgIpc) is 2.93. The molecule has 0 fully saturated rings. The van der Waals surface area contributed by atoms with Crippen molar-refractivity contribution in [3.05, 3.63) is 47.5 Å². The van der Waals surface area contributed by atoms with Crippen molar-refractivity contribution in [2.24, 2.45) is 0 Å². The molecular weight excluding hydrogens is 288 g/mol. The van der Waals surface area contributed by atoms with Crippen LogP contribution in [0.3, 0.4) is 0 Å². The molecule has 0 saturated heterocycles. The Morgan fingerprint density at radius 2 is 2.04 bits per heavy atom. The summed E-state index contributed by atoms with van der Waals surface area (Å²) in [4.78, 5) is 18.5. The summed E-state index contributed by atoms with van der Waals surface area (Å²) in [5, 5.41) is 4.58. The van der Waals surface area contributed by atoms with Crippen LogP contribution in [0.2, 0.25) is 0 Å². The second kappa shape index (κ2) is 6.52. The number of hydrogen-bond donors (Lipinski definition) is 0. The first-order chi connectivity index (χ1) is 10.7. The predicted molar refractivity (Wildman–Crippen MR) is 91.3 cm³/mol. The van der Waals surface area contributed by atoms with Crippen molar-refractivity contribution in [1.29, 1.82) is 0 Å². The number of nitrogens with zero attached hydrogens (tertiary/aromatic N) is 4. The van der Waals surface area contributed by atoms with Gasteiger partial charge in [0, 0.05) is 31.7 Å². The lowest BCUT2D eigenvalue weighted by Crippen LogP contribution is -2.28. The van der Waals surface area contributed by atoms with Gasteiger partial charge >= 0.3 is 0 Å². The molecule has 2 aromatic heterocycles. The van der Waals surface area contributed by atoms with Crippen LogP contribution in [-0.2, 0) is 12.1 Å². The fraction of sp³-hybridized carbons (Fsp3) is 0.500. The molecule has 0 aliphatic carbocycles. The van der Waals surface area contributed by atoms with Crippen LogP contribution < -0.4 is 0 Å². The minimum Gasteiger partial charge on any atom is -0.336 e. The average molecular weight is 314 g/mol. The number of carbonyl (C=O) groups is 1. The van der Waals surface area contributed by atoms with E-state index in [-0.39, 0.29) is 11.4 Å². The van der Waals surface area contributed by atoms with Gasteiger partial charge in [0.15, 0.2) is 5.69 Å². The van der Waals surface area contributed by atoms with Gasteiger partial charge in [-0.3, -0.25) is 14.5 Å². The first-order valence-electron chi connectivity index (χ1n) is 7.95. The zero-order valence-electron chi connectivity index (χ0n) is 14.9. The van der Waals surface area contributed by atoms with Crippen molar-refractivity contribution in [3.63, 3.8) is 0 Å². The van der Waals surface area contributed by atoms with Crippen molar-refractivity contribution in [3.8, 4) is 0 Å². The fourth-order valence-electron chi connectivity index (χ4n) is 2.48. The van der Waals surface area contributed by atoms with E-state index in [2.05, 4.69) is 44.7 Å². The Morgan fingerprint density at radius 3 is 2.52 bits per heavy atom. The summed E-state index contributed by atoms with van der Waals surface area (Å²) in [6.07, 6.45) is 3.50. The highest BCUT2D eigenvalue weighted by atomic mass is 16.2. The van der Waals surface area contributed by atoms with E-state index in [1.54, 1.807) is 24.3 Å². The first kappa shape index (κ1) is 17.2. The quantitative estimate of drug-likeness (QED) is 0.869. The topological polar surface area (TPSA) is 51.0 Å². The zero-order chi connectivity index (χ0) is 17.2. The summed E-state index contributed by atoms with van der Waals surface area (Å²) in [5.41, 5.74) is 2.42. The molecule has 0 N–H and O–H groups in total. The van der Waals surface area contributed by atoms with Crippen LogP contribution in [0.15, 0.2) is 30.6 Å². The number of rotatable bonds is 4. The van der Waals surface area contributed by atoms with Gasteiger partial charge in [-0.1, -0.05) is 19.9 Å². The monoisotopic (exact) mass is 314 g/mol. The molecule has 0 unspecified atom stereocenters. The molecule has 5 nitrogen and oxygen atoms in total. The number of carbonyl (C=O) groups excluding carboxylic acids is 1. The Bertz CT molecular complexity index is 668. The number of aromatic nitrogens is 3. The fourth-order valence-corrected chi connectivity index (χ4v) is 2.48. The summed E-state index contributed by atoms with van der Waals surface area (Å²) in [6, 6.07) is 5.75. The van der Waals surface area contributed by atoms with Crippen LogP contribution in [0, 0.1) is 0 Å². The highest BCUT2D eigenvalue weighted by Gasteiger charge is 2.24. The standard InChI is InChI=1S/C18H26N4O/c1-13(2)16-10-15(20-22(16)18(3,4)5)17(23)21(6)12-14-8-7-9-19-11-14/h7-11,13H,12H2,1-6H3. The van der Waals surface area contributed by atoms with E-state index in [0.717, 1.165) is 11.3 Å². The smallest absolute Gasteiger partial charge is 0.274 e. The minimum atomic E-state index is -0.153. The normalized spacial score (nSPS) is 11.8. The lowest BCUT2D eigenvalue weighted by Gasteiger charge is -2.23. The van der Waals surface area contributed by atoms with E-state index in [1.807, 2.05) is 22.9 Å². The third kappa shape index (κ3) is 3.97. The molecule has 0 radical (unpaired) electrons. The lowest BCUT2D eigenvalue weighted by molar-refractivity contribution is 0.0777. The Kier molecular flexibility index (Phi) is 4.88. The SMILES string of the molecule is CC(C)c1cc(C(=O)N(C)Cc2cccnc2)nn1C(C)(C)C. The molecule has 1 amide bonds. The number of amides is 1. The van der Waals surface area contributed by atoms with Gasteiger partial charge in [-0.2, -0.15) is 5.10 Å². The van der Waals surface area contributed by atoms with Crippen LogP contribution in [0.1, 0.15) is 62.3 Å². The highest BCUT2D eigenvalue weighted by Crippen LogP contribution is 2.24. The third-order valence-electron chi connectivity index (χ3n) is 3.67. The van der Waals surface area contributed by atoms with Gasteiger partial charge in [-0.15, -0.1) is 0 Å². The summed E-state index contributed by atoms with van der Waals surface area (Å²) >= 11 is 0. The Balaban J connectivity index is 2.25. The molecule has 0 saturated carbocycles. The van der Waals surface area contributed by atoms with Crippen molar-refractivity contribution >= 4 is 5.91 Å². The van der Waals surface area contributed by atoms with Gasteiger partial charge in [0.25, 0.3) is 5.91 Å². The molecule has 23 heavy (non-hydrogen) atoms. The summed E-state index contributed by atoms with van der Waals surface area (Å²) in [6.45, 7) is 11.0. The van der Waals surface area contributed by atoms with Crippen molar-refractivity contribution in [2.75, 3.05) is 7.05 Å². The molecule has 2 heterocycles. The zero-order valence-corrected chi connectivity index (χ0v) is 14.9. The molecular formula is C18H26N4O. The van der Waals surface area contributed by atoms with Crippen LogP contribution in [0.5, 0.6) is 0 Å². The van der Waals surface area contributed by atoms with E-state index in [1.165, 1.54) is 0 Å². The van der Waals surface area contributed by atoms with Gasteiger partial charge in [0.1, 0.15) is 0 Å². The first-order valence-corrected chi connectivity index (χ1v) is 7.95. The maximum absolute atomic E-state index is 12.7. The minimum absolute atomic E-state index is 0.0706. The molecule has 2 rings (SSSR count). The maximum atomic E-state index is 12.7. The Labute approximate surface area is 138 Å². The molecule has 0 atom stereocenters. The number of hydrogen-bond acceptors (Lipinski definition) is 3. The van der Waals surface area contributed by atoms with Crippen LogP contribution in [-0.4, -0.2) is 32.6 Å². The maximum Gasteiger partial charge on any atom is 0.274 e. The van der Waals surface area contributed by atoms with Gasteiger partial charge in [0.05, 0.1) is 5.54 Å².